The molecule has 1 atom stereocenters. The number of benzene rings is 1. The molecule has 2 fully saturated rings. The van der Waals surface area contributed by atoms with Crippen molar-refractivity contribution in [2.75, 3.05) is 52.5 Å². The molecule has 2 aliphatic rings. The molecule has 1 N–H and O–H groups in total. The number of piperidine rings is 1. The third-order valence-corrected chi connectivity index (χ3v) is 5.27. The lowest BCUT2D eigenvalue weighted by atomic mass is 10.0. The molecule has 5 heteroatoms. The summed E-state index contributed by atoms with van der Waals surface area (Å²) in [5.74, 6) is 0.157. The monoisotopic (exact) mass is 345 g/mol. The van der Waals surface area contributed by atoms with Crippen LogP contribution in [0.1, 0.15) is 37.3 Å². The number of nitrogens with one attached hydrogen (secondary N) is 1. The van der Waals surface area contributed by atoms with Gasteiger partial charge in [-0.15, -0.1) is 0 Å². The predicted molar refractivity (Wildman–Crippen MR) is 99.5 cm³/mol. The summed E-state index contributed by atoms with van der Waals surface area (Å²) in [4.78, 5) is 17.2. The molecule has 5 nitrogen and oxygen atoms in total. The third kappa shape index (κ3) is 5.80. The van der Waals surface area contributed by atoms with E-state index in [4.69, 9.17) is 4.74 Å². The fourth-order valence-corrected chi connectivity index (χ4v) is 3.75. The zero-order valence-corrected chi connectivity index (χ0v) is 15.2. The second-order valence-electron chi connectivity index (χ2n) is 7.03. The molecule has 138 valence electrons. The van der Waals surface area contributed by atoms with E-state index in [-0.39, 0.29) is 11.9 Å². The second-order valence-corrected chi connectivity index (χ2v) is 7.03. The van der Waals surface area contributed by atoms with Crippen LogP contribution in [0.4, 0.5) is 0 Å². The van der Waals surface area contributed by atoms with E-state index < -0.39 is 0 Å². The lowest BCUT2D eigenvalue weighted by Gasteiger charge is -2.35. The summed E-state index contributed by atoms with van der Waals surface area (Å²) in [7, 11) is 0. The fraction of sp³-hybridized carbons (Fsp3) is 0.650. The first-order valence-electron chi connectivity index (χ1n) is 9.69. The number of amides is 1. The smallest absolute Gasteiger partial charge is 0.221 e. The Balaban J connectivity index is 1.50. The second kappa shape index (κ2) is 9.90. The zero-order chi connectivity index (χ0) is 17.3. The maximum atomic E-state index is 12.3. The van der Waals surface area contributed by atoms with Crippen LogP contribution in [0.15, 0.2) is 30.3 Å². The highest BCUT2D eigenvalue weighted by molar-refractivity contribution is 5.76. The summed E-state index contributed by atoms with van der Waals surface area (Å²) in [6.45, 7) is 7.23. The predicted octanol–water partition coefficient (Wildman–Crippen LogP) is 2.05. The van der Waals surface area contributed by atoms with Crippen LogP contribution < -0.4 is 5.32 Å². The van der Waals surface area contributed by atoms with Gasteiger partial charge in [-0.3, -0.25) is 14.6 Å². The Labute approximate surface area is 151 Å². The summed E-state index contributed by atoms with van der Waals surface area (Å²) in [6, 6.07) is 10.9. The van der Waals surface area contributed by atoms with Crippen LogP contribution in [0.5, 0.6) is 0 Å². The minimum atomic E-state index is 0.157. The first kappa shape index (κ1) is 18.4. The van der Waals surface area contributed by atoms with Crippen molar-refractivity contribution in [2.45, 2.75) is 31.7 Å². The number of carbonyl (C=O) groups excluding carboxylic acids is 1. The molecule has 0 radical (unpaired) electrons. The summed E-state index contributed by atoms with van der Waals surface area (Å²) < 4.78 is 5.35. The van der Waals surface area contributed by atoms with E-state index in [1.807, 2.05) is 0 Å². The lowest BCUT2D eigenvalue weighted by molar-refractivity contribution is -0.122. The van der Waals surface area contributed by atoms with Crippen molar-refractivity contribution in [2.24, 2.45) is 0 Å². The molecular formula is C20H31N3O2. The van der Waals surface area contributed by atoms with Crippen LogP contribution in [-0.4, -0.2) is 68.2 Å². The molecule has 2 heterocycles. The van der Waals surface area contributed by atoms with E-state index >= 15 is 0 Å². The standard InChI is InChI=1S/C20H31N3O2/c24-20(9-12-22-13-15-25-16-14-22)21-17-19(18-7-3-1-4-8-18)23-10-5-2-6-11-23/h1,3-4,7-8,19H,2,5-6,9-17H2,(H,21,24)/t19-/m1/s1. The highest BCUT2D eigenvalue weighted by Gasteiger charge is 2.22. The van der Waals surface area contributed by atoms with Crippen molar-refractivity contribution in [3.8, 4) is 0 Å². The Kier molecular flexibility index (Phi) is 7.27. The van der Waals surface area contributed by atoms with Crippen molar-refractivity contribution < 1.29 is 9.53 Å². The molecule has 0 aliphatic carbocycles. The van der Waals surface area contributed by atoms with Gasteiger partial charge < -0.3 is 10.1 Å². The average molecular weight is 345 g/mol. The molecule has 1 aromatic carbocycles. The van der Waals surface area contributed by atoms with Gasteiger partial charge in [0.2, 0.25) is 5.91 Å². The Morgan fingerprint density at radius 1 is 1.04 bits per heavy atom. The minimum absolute atomic E-state index is 0.157. The molecule has 2 saturated heterocycles. The number of hydrogen-bond acceptors (Lipinski definition) is 4. The molecule has 1 amide bonds. The van der Waals surface area contributed by atoms with Crippen LogP contribution in [0.25, 0.3) is 0 Å². The van der Waals surface area contributed by atoms with Gasteiger partial charge in [-0.05, 0) is 31.5 Å². The van der Waals surface area contributed by atoms with E-state index in [0.717, 1.165) is 45.9 Å². The van der Waals surface area contributed by atoms with Gasteiger partial charge in [0.25, 0.3) is 0 Å². The summed E-state index contributed by atoms with van der Waals surface area (Å²) in [5.41, 5.74) is 1.30. The Hall–Kier alpha value is -1.43. The summed E-state index contributed by atoms with van der Waals surface area (Å²) in [5, 5.41) is 3.18. The topological polar surface area (TPSA) is 44.8 Å². The molecule has 0 saturated carbocycles. The van der Waals surface area contributed by atoms with Crippen molar-refractivity contribution in [3.05, 3.63) is 35.9 Å². The van der Waals surface area contributed by atoms with Crippen LogP contribution in [-0.2, 0) is 9.53 Å². The van der Waals surface area contributed by atoms with Gasteiger partial charge >= 0.3 is 0 Å². The molecule has 0 bridgehead atoms. The lowest BCUT2D eigenvalue weighted by Crippen LogP contribution is -2.42. The Morgan fingerprint density at radius 2 is 1.76 bits per heavy atom. The number of carbonyl (C=O) groups is 1. The zero-order valence-electron chi connectivity index (χ0n) is 15.2. The van der Waals surface area contributed by atoms with Gasteiger partial charge in [-0.25, -0.2) is 0 Å². The number of rotatable bonds is 7. The van der Waals surface area contributed by atoms with Gasteiger partial charge in [-0.2, -0.15) is 0 Å². The largest absolute Gasteiger partial charge is 0.379 e. The van der Waals surface area contributed by atoms with E-state index in [1.54, 1.807) is 0 Å². The molecule has 3 rings (SSSR count). The Bertz CT molecular complexity index is 511. The average Bonchev–Trinajstić information content (AvgIpc) is 2.69. The van der Waals surface area contributed by atoms with Crippen LogP contribution in [0.2, 0.25) is 0 Å². The highest BCUT2D eigenvalue weighted by Crippen LogP contribution is 2.24. The van der Waals surface area contributed by atoms with Crippen LogP contribution >= 0.6 is 0 Å². The van der Waals surface area contributed by atoms with Crippen molar-refractivity contribution in [1.82, 2.24) is 15.1 Å². The first-order chi connectivity index (χ1) is 12.3. The highest BCUT2D eigenvalue weighted by atomic mass is 16.5. The van der Waals surface area contributed by atoms with E-state index in [0.29, 0.717) is 13.0 Å². The Morgan fingerprint density at radius 3 is 2.48 bits per heavy atom. The number of nitrogens with zero attached hydrogens (tertiary/aromatic N) is 2. The SMILES string of the molecule is O=C(CCN1CCOCC1)NC[C@H](c1ccccc1)N1CCCCC1. The number of likely N-dealkylation sites (tertiary alicyclic amines) is 1. The summed E-state index contributed by atoms with van der Waals surface area (Å²) >= 11 is 0. The van der Waals surface area contributed by atoms with Crippen molar-refractivity contribution >= 4 is 5.91 Å². The van der Waals surface area contributed by atoms with Crippen molar-refractivity contribution in [1.29, 1.82) is 0 Å². The molecule has 25 heavy (non-hydrogen) atoms. The van der Waals surface area contributed by atoms with Crippen LogP contribution in [0, 0.1) is 0 Å². The van der Waals surface area contributed by atoms with Crippen LogP contribution in [0.3, 0.4) is 0 Å². The molecule has 0 aromatic heterocycles. The summed E-state index contributed by atoms with van der Waals surface area (Å²) in [6.07, 6.45) is 4.41. The van der Waals surface area contributed by atoms with Crippen molar-refractivity contribution in [3.63, 3.8) is 0 Å². The maximum Gasteiger partial charge on any atom is 0.221 e. The third-order valence-electron chi connectivity index (χ3n) is 5.27. The maximum absolute atomic E-state index is 12.3. The van der Waals surface area contributed by atoms with Gasteiger partial charge in [0, 0.05) is 32.6 Å². The molecule has 1 aromatic rings. The number of ether oxygens (including phenoxy) is 1. The normalized spacial score (nSPS) is 21.0. The molecule has 0 spiro atoms. The molecule has 0 unspecified atom stereocenters. The van der Waals surface area contributed by atoms with Gasteiger partial charge in [0.1, 0.15) is 0 Å². The minimum Gasteiger partial charge on any atom is -0.379 e. The van der Waals surface area contributed by atoms with E-state index in [2.05, 4.69) is 45.4 Å². The molecule has 2 aliphatic heterocycles. The first-order valence-corrected chi connectivity index (χ1v) is 9.69. The van der Waals surface area contributed by atoms with Gasteiger partial charge in [-0.1, -0.05) is 36.8 Å². The fourth-order valence-electron chi connectivity index (χ4n) is 3.75. The van der Waals surface area contributed by atoms with E-state index in [9.17, 15) is 4.79 Å². The van der Waals surface area contributed by atoms with Gasteiger partial charge in [0.05, 0.1) is 19.3 Å². The molecular weight excluding hydrogens is 314 g/mol. The van der Waals surface area contributed by atoms with E-state index in [1.165, 1.54) is 24.8 Å². The number of morpholine rings is 1. The van der Waals surface area contributed by atoms with Gasteiger partial charge in [0.15, 0.2) is 0 Å². The quantitative estimate of drug-likeness (QED) is 0.822. The number of hydrogen-bond donors (Lipinski definition) is 1.